The fourth-order valence-electron chi connectivity index (χ4n) is 2.40. The Bertz CT molecular complexity index is 626. The Morgan fingerprint density at radius 2 is 1.73 bits per heavy atom. The van der Waals surface area contributed by atoms with Crippen LogP contribution in [0.15, 0.2) is 48.5 Å². The summed E-state index contributed by atoms with van der Waals surface area (Å²) < 4.78 is 26.5. The van der Waals surface area contributed by atoms with Crippen LogP contribution < -0.4 is 0 Å². The number of rotatable bonds is 5. The maximum absolute atomic E-state index is 13.3. The Balaban J connectivity index is 2.30. The Hall–Kier alpha value is -2.27. The smallest absolute Gasteiger partial charge is 0.254 e. The van der Waals surface area contributed by atoms with Gasteiger partial charge in [0, 0.05) is 25.3 Å². The molecule has 0 aromatic heterocycles. The van der Waals surface area contributed by atoms with E-state index >= 15 is 0 Å². The first kappa shape index (κ1) is 16.1. The van der Waals surface area contributed by atoms with Gasteiger partial charge < -0.3 is 10.0 Å². The van der Waals surface area contributed by atoms with Crippen molar-refractivity contribution in [3.8, 4) is 0 Å². The topological polar surface area (TPSA) is 40.5 Å². The number of hydrogen-bond donors (Lipinski definition) is 1. The predicted molar refractivity (Wildman–Crippen MR) is 79.3 cm³/mol. The lowest BCUT2D eigenvalue weighted by atomic mass is 10.0. The second-order valence-corrected chi connectivity index (χ2v) is 5.01. The molecule has 0 saturated heterocycles. The van der Waals surface area contributed by atoms with E-state index in [2.05, 4.69) is 0 Å². The molecule has 3 nitrogen and oxygen atoms in total. The predicted octanol–water partition coefficient (Wildman–Crippen LogP) is 3.16. The molecule has 2 aromatic rings. The van der Waals surface area contributed by atoms with Gasteiger partial charge in [0.2, 0.25) is 0 Å². The van der Waals surface area contributed by atoms with Crippen molar-refractivity contribution >= 4 is 5.91 Å². The van der Waals surface area contributed by atoms with Crippen LogP contribution in [0.5, 0.6) is 0 Å². The van der Waals surface area contributed by atoms with Gasteiger partial charge in [-0.15, -0.1) is 0 Å². The Morgan fingerprint density at radius 3 is 2.27 bits per heavy atom. The van der Waals surface area contributed by atoms with Crippen molar-refractivity contribution in [2.45, 2.75) is 12.5 Å². The van der Waals surface area contributed by atoms with Gasteiger partial charge >= 0.3 is 0 Å². The highest BCUT2D eigenvalue weighted by Gasteiger charge is 2.23. The lowest BCUT2D eigenvalue weighted by molar-refractivity contribution is 0.0704. The molecule has 1 atom stereocenters. The molecule has 0 bridgehead atoms. The monoisotopic (exact) mass is 305 g/mol. The number of benzene rings is 2. The maximum atomic E-state index is 13.3. The molecule has 2 rings (SSSR count). The molecule has 2 aromatic carbocycles. The van der Waals surface area contributed by atoms with E-state index in [1.807, 2.05) is 30.3 Å². The van der Waals surface area contributed by atoms with Crippen molar-refractivity contribution < 1.29 is 18.7 Å². The van der Waals surface area contributed by atoms with Crippen LogP contribution in [0.25, 0.3) is 0 Å². The van der Waals surface area contributed by atoms with Crippen molar-refractivity contribution in [2.75, 3.05) is 13.7 Å². The zero-order chi connectivity index (χ0) is 16.1. The minimum Gasteiger partial charge on any atom is -0.396 e. The molecule has 0 aliphatic heterocycles. The first-order valence-electron chi connectivity index (χ1n) is 6.92. The van der Waals surface area contributed by atoms with Crippen LogP contribution in [0.4, 0.5) is 8.78 Å². The second-order valence-electron chi connectivity index (χ2n) is 5.01. The first-order valence-corrected chi connectivity index (χ1v) is 6.92. The number of hydrogen-bond acceptors (Lipinski definition) is 2. The number of amides is 1. The van der Waals surface area contributed by atoms with Gasteiger partial charge in [-0.1, -0.05) is 30.3 Å². The summed E-state index contributed by atoms with van der Waals surface area (Å²) in [6.45, 7) is -0.102. The molecule has 0 saturated carbocycles. The molecular weight excluding hydrogens is 288 g/mol. The summed E-state index contributed by atoms with van der Waals surface area (Å²) in [6.07, 6.45) is 0.337. The Kier molecular flexibility index (Phi) is 5.22. The largest absolute Gasteiger partial charge is 0.396 e. The van der Waals surface area contributed by atoms with E-state index in [4.69, 9.17) is 0 Å². The molecule has 0 aliphatic carbocycles. The van der Waals surface area contributed by atoms with Crippen LogP contribution in [-0.2, 0) is 0 Å². The summed E-state index contributed by atoms with van der Waals surface area (Å²) in [5.41, 5.74) is 0.795. The van der Waals surface area contributed by atoms with E-state index in [-0.39, 0.29) is 18.2 Å². The van der Waals surface area contributed by atoms with Crippen molar-refractivity contribution in [2.24, 2.45) is 0 Å². The molecule has 22 heavy (non-hydrogen) atoms. The van der Waals surface area contributed by atoms with Crippen molar-refractivity contribution in [3.05, 3.63) is 71.3 Å². The molecule has 1 amide bonds. The van der Waals surface area contributed by atoms with Crippen LogP contribution >= 0.6 is 0 Å². The maximum Gasteiger partial charge on any atom is 0.254 e. The van der Waals surface area contributed by atoms with E-state index in [0.717, 1.165) is 23.8 Å². The molecule has 116 valence electrons. The van der Waals surface area contributed by atoms with E-state index in [1.165, 1.54) is 4.90 Å². The number of aliphatic hydroxyl groups excluding tert-OH is 1. The minimum absolute atomic E-state index is 0.0566. The van der Waals surface area contributed by atoms with Gasteiger partial charge in [0.25, 0.3) is 5.91 Å². The van der Waals surface area contributed by atoms with Crippen LogP contribution in [0.1, 0.15) is 28.4 Å². The third kappa shape index (κ3) is 3.68. The van der Waals surface area contributed by atoms with Crippen LogP contribution in [0.3, 0.4) is 0 Å². The molecule has 0 radical (unpaired) electrons. The van der Waals surface area contributed by atoms with E-state index in [0.29, 0.717) is 6.42 Å². The van der Waals surface area contributed by atoms with E-state index in [1.54, 1.807) is 7.05 Å². The summed E-state index contributed by atoms with van der Waals surface area (Å²) in [5.74, 6) is -2.09. The molecule has 0 aliphatic rings. The highest BCUT2D eigenvalue weighted by Crippen LogP contribution is 2.24. The molecule has 5 heteroatoms. The SMILES string of the molecule is CN(C(=O)c1cc(F)cc(F)c1)C(CCO)c1ccccc1. The van der Waals surface area contributed by atoms with Gasteiger partial charge in [-0.2, -0.15) is 0 Å². The third-order valence-corrected chi connectivity index (χ3v) is 3.48. The Labute approximate surface area is 127 Å². The number of aliphatic hydroxyl groups is 1. The van der Waals surface area contributed by atoms with Crippen molar-refractivity contribution in [1.29, 1.82) is 0 Å². The van der Waals surface area contributed by atoms with Crippen LogP contribution in [-0.4, -0.2) is 29.6 Å². The summed E-state index contributed by atoms with van der Waals surface area (Å²) >= 11 is 0. The van der Waals surface area contributed by atoms with Gasteiger partial charge in [-0.05, 0) is 24.1 Å². The summed E-state index contributed by atoms with van der Waals surface area (Å²) in [4.78, 5) is 13.8. The zero-order valence-corrected chi connectivity index (χ0v) is 12.2. The molecule has 1 unspecified atom stereocenters. The third-order valence-electron chi connectivity index (χ3n) is 3.48. The lowest BCUT2D eigenvalue weighted by Gasteiger charge is -2.28. The van der Waals surface area contributed by atoms with Gasteiger partial charge in [0.1, 0.15) is 11.6 Å². The fraction of sp³-hybridized carbons (Fsp3) is 0.235. The van der Waals surface area contributed by atoms with Gasteiger partial charge in [0.15, 0.2) is 0 Å². The molecule has 0 spiro atoms. The number of carbonyl (C=O) groups excluding carboxylic acids is 1. The average Bonchev–Trinajstić information content (AvgIpc) is 2.51. The molecular formula is C17H17F2NO2. The second kappa shape index (κ2) is 7.13. The van der Waals surface area contributed by atoms with Crippen LogP contribution in [0.2, 0.25) is 0 Å². The fourth-order valence-corrected chi connectivity index (χ4v) is 2.40. The van der Waals surface area contributed by atoms with Crippen LogP contribution in [0, 0.1) is 11.6 Å². The zero-order valence-electron chi connectivity index (χ0n) is 12.2. The standard InChI is InChI=1S/C17H17F2NO2/c1-20(16(7-8-21)12-5-3-2-4-6-12)17(22)13-9-14(18)11-15(19)10-13/h2-6,9-11,16,21H,7-8H2,1H3. The van der Waals surface area contributed by atoms with Crippen molar-refractivity contribution in [3.63, 3.8) is 0 Å². The van der Waals surface area contributed by atoms with E-state index < -0.39 is 17.5 Å². The highest BCUT2D eigenvalue weighted by molar-refractivity contribution is 5.94. The minimum atomic E-state index is -0.796. The molecule has 0 fully saturated rings. The number of carbonyl (C=O) groups is 1. The normalized spacial score (nSPS) is 12.0. The van der Waals surface area contributed by atoms with Gasteiger partial charge in [-0.25, -0.2) is 8.78 Å². The van der Waals surface area contributed by atoms with Gasteiger partial charge in [0.05, 0.1) is 6.04 Å². The summed E-state index contributed by atoms with van der Waals surface area (Å²) in [7, 11) is 1.55. The average molecular weight is 305 g/mol. The molecule has 1 N–H and O–H groups in total. The van der Waals surface area contributed by atoms with Crippen molar-refractivity contribution in [1.82, 2.24) is 4.90 Å². The van der Waals surface area contributed by atoms with E-state index in [9.17, 15) is 18.7 Å². The Morgan fingerprint density at radius 1 is 1.14 bits per heavy atom. The highest BCUT2D eigenvalue weighted by atomic mass is 19.1. The lowest BCUT2D eigenvalue weighted by Crippen LogP contribution is -2.32. The van der Waals surface area contributed by atoms with Gasteiger partial charge in [-0.3, -0.25) is 4.79 Å². The summed E-state index contributed by atoms with van der Waals surface area (Å²) in [5, 5.41) is 9.23. The number of halogens is 2. The first-order chi connectivity index (χ1) is 10.5. The summed E-state index contributed by atoms with van der Waals surface area (Å²) in [6, 6.07) is 11.6. The molecule has 0 heterocycles. The quantitative estimate of drug-likeness (QED) is 0.922. The number of nitrogens with zero attached hydrogens (tertiary/aromatic N) is 1.